The van der Waals surface area contributed by atoms with E-state index in [2.05, 4.69) is 42.7 Å². The molecule has 1 saturated heterocycles. The molecule has 2 aliphatic rings. The fourth-order valence-corrected chi connectivity index (χ4v) is 6.60. The highest BCUT2D eigenvalue weighted by Gasteiger charge is 2.25. The first-order valence-electron chi connectivity index (χ1n) is 18.2. The number of morpholine rings is 1. The Morgan fingerprint density at radius 3 is 1.67 bits per heavy atom. The van der Waals surface area contributed by atoms with E-state index in [1.54, 1.807) is 0 Å². The van der Waals surface area contributed by atoms with Gasteiger partial charge < -0.3 is 19.2 Å². The van der Waals surface area contributed by atoms with Gasteiger partial charge in [0.05, 0.1) is 39.4 Å². The number of aryl methyl sites for hydroxylation is 1. The van der Waals surface area contributed by atoms with Crippen LogP contribution in [0.15, 0.2) is 0 Å². The van der Waals surface area contributed by atoms with Gasteiger partial charge in [-0.3, -0.25) is 0 Å². The average molecular weight is 601 g/mol. The lowest BCUT2D eigenvalue weighted by molar-refractivity contribution is -0.929. The number of quaternary nitrogens is 1. The summed E-state index contributed by atoms with van der Waals surface area (Å²) < 4.78 is 8.22. The molecule has 0 spiro atoms. The van der Waals surface area contributed by atoms with Gasteiger partial charge in [0.25, 0.3) is 5.78 Å². The third kappa shape index (κ3) is 11.5. The number of ether oxygens (including phenoxy) is 1. The molecule has 43 heavy (non-hydrogen) atoms. The second-order valence-electron chi connectivity index (χ2n) is 13.0. The minimum Gasteiger partial charge on any atom is -0.858 e. The van der Waals surface area contributed by atoms with E-state index in [9.17, 15) is 5.11 Å². The summed E-state index contributed by atoms with van der Waals surface area (Å²) in [6, 6.07) is 0. The number of anilines is 1. The molecule has 0 radical (unpaired) electrons. The molecule has 1 aliphatic carbocycles. The predicted octanol–water partition coefficient (Wildman–Crippen LogP) is 7.26. The molecule has 0 aromatic carbocycles. The SMILES string of the molecule is CCCC[N+](CCCC)(CCCC)CCCC.[O-]c1c2c(nc3nc(N4CCOCC4)nn13)CCCCCCCCCC2. The topological polar surface area (TPSA) is 78.6 Å². The highest BCUT2D eigenvalue weighted by atomic mass is 16.5. The van der Waals surface area contributed by atoms with Gasteiger partial charge in [-0.05, 0) is 62.8 Å². The summed E-state index contributed by atoms with van der Waals surface area (Å²) in [5.41, 5.74) is 1.81. The van der Waals surface area contributed by atoms with Crippen LogP contribution < -0.4 is 10.0 Å². The summed E-state index contributed by atoms with van der Waals surface area (Å²) in [4.78, 5) is 11.4. The molecule has 1 fully saturated rings. The van der Waals surface area contributed by atoms with Crippen molar-refractivity contribution in [3.8, 4) is 5.88 Å². The monoisotopic (exact) mass is 601 g/mol. The Morgan fingerprint density at radius 1 is 0.674 bits per heavy atom. The first kappa shape index (κ1) is 35.5. The van der Waals surface area contributed by atoms with Gasteiger partial charge in [-0.1, -0.05) is 91.9 Å². The van der Waals surface area contributed by atoms with Crippen LogP contribution in [0.3, 0.4) is 0 Å². The van der Waals surface area contributed by atoms with Crippen molar-refractivity contribution in [2.24, 2.45) is 0 Å². The molecule has 8 nitrogen and oxygen atoms in total. The molecule has 3 heterocycles. The molecule has 2 aromatic heterocycles. The average Bonchev–Trinajstić information content (AvgIpc) is 3.47. The van der Waals surface area contributed by atoms with Gasteiger partial charge in [-0.2, -0.15) is 4.98 Å². The van der Waals surface area contributed by atoms with Crippen LogP contribution in [-0.4, -0.2) is 76.5 Å². The Hall–Kier alpha value is -1.93. The zero-order valence-electron chi connectivity index (χ0n) is 28.4. The molecular formula is C35H64N6O2. The van der Waals surface area contributed by atoms with E-state index in [0.717, 1.165) is 50.0 Å². The molecule has 1 aliphatic heterocycles. The summed E-state index contributed by atoms with van der Waals surface area (Å²) in [6.45, 7) is 17.9. The normalized spacial score (nSPS) is 17.1. The largest absolute Gasteiger partial charge is 0.858 e. The second-order valence-corrected chi connectivity index (χ2v) is 13.0. The first-order valence-corrected chi connectivity index (χ1v) is 18.2. The van der Waals surface area contributed by atoms with Gasteiger partial charge >= 0.3 is 0 Å². The maximum Gasteiger partial charge on any atom is 0.253 e. The van der Waals surface area contributed by atoms with Crippen LogP contribution in [0.1, 0.15) is 142 Å². The van der Waals surface area contributed by atoms with E-state index < -0.39 is 0 Å². The molecule has 0 atom stereocenters. The molecule has 0 N–H and O–H groups in total. The van der Waals surface area contributed by atoms with Crippen LogP contribution in [0.2, 0.25) is 0 Å². The molecule has 0 unspecified atom stereocenters. The minimum atomic E-state index is -0.0194. The minimum absolute atomic E-state index is 0.0194. The lowest BCUT2D eigenvalue weighted by Gasteiger charge is -2.39. The van der Waals surface area contributed by atoms with E-state index in [-0.39, 0.29) is 5.88 Å². The highest BCUT2D eigenvalue weighted by Crippen LogP contribution is 2.25. The van der Waals surface area contributed by atoms with Gasteiger partial charge in [-0.25, -0.2) is 9.50 Å². The third-order valence-corrected chi connectivity index (χ3v) is 9.44. The molecule has 0 bridgehead atoms. The highest BCUT2D eigenvalue weighted by molar-refractivity contribution is 5.45. The van der Waals surface area contributed by atoms with E-state index in [0.29, 0.717) is 24.9 Å². The maximum atomic E-state index is 13.1. The lowest BCUT2D eigenvalue weighted by Crippen LogP contribution is -2.50. The standard InChI is InChI=1S/C19H29N5O2.C16H36N/c25-17-15-9-7-5-3-1-2-4-6-8-10-16(15)20-18-21-19(22-24(17)18)23-11-13-26-14-12-23;1-5-9-13-17(14-10-6-2,15-11-7-3)16-12-8-4/h25H,1-14H2;5-16H2,1-4H3/q;+1/p-1. The molecule has 0 amide bonds. The number of aromatic nitrogens is 4. The number of unbranched alkanes of at least 4 members (excludes halogenated alkanes) is 4. The Labute approximate surface area is 263 Å². The van der Waals surface area contributed by atoms with Crippen molar-refractivity contribution < 1.29 is 14.3 Å². The Kier molecular flexibility index (Phi) is 16.7. The smallest absolute Gasteiger partial charge is 0.253 e. The summed E-state index contributed by atoms with van der Waals surface area (Å²) in [6.07, 6.45) is 22.5. The van der Waals surface area contributed by atoms with Crippen molar-refractivity contribution in [2.45, 2.75) is 143 Å². The molecule has 246 valence electrons. The van der Waals surface area contributed by atoms with Crippen molar-refractivity contribution in [3.05, 3.63) is 11.3 Å². The van der Waals surface area contributed by atoms with Gasteiger partial charge in [-0.15, -0.1) is 5.10 Å². The summed E-state index contributed by atoms with van der Waals surface area (Å²) in [5.74, 6) is 1.02. The summed E-state index contributed by atoms with van der Waals surface area (Å²) in [5, 5.41) is 17.5. The molecular weight excluding hydrogens is 536 g/mol. The number of hydrogen-bond acceptors (Lipinski definition) is 6. The van der Waals surface area contributed by atoms with Crippen molar-refractivity contribution in [1.29, 1.82) is 0 Å². The van der Waals surface area contributed by atoms with E-state index in [1.165, 1.54) is 125 Å². The molecule has 2 aromatic rings. The zero-order chi connectivity index (χ0) is 30.8. The van der Waals surface area contributed by atoms with E-state index in [4.69, 9.17) is 9.72 Å². The van der Waals surface area contributed by atoms with Crippen molar-refractivity contribution in [1.82, 2.24) is 19.6 Å². The molecule has 4 rings (SSSR count). The number of rotatable bonds is 13. The van der Waals surface area contributed by atoms with Crippen LogP contribution in [0.4, 0.5) is 5.95 Å². The number of hydrogen-bond donors (Lipinski definition) is 0. The molecule has 0 saturated carbocycles. The summed E-state index contributed by atoms with van der Waals surface area (Å²) in [7, 11) is 0. The van der Waals surface area contributed by atoms with E-state index >= 15 is 0 Å². The number of fused-ring (bicyclic) bond motifs is 2. The van der Waals surface area contributed by atoms with Crippen molar-refractivity contribution in [2.75, 3.05) is 57.4 Å². The molecule has 8 heteroatoms. The van der Waals surface area contributed by atoms with Crippen LogP contribution in [-0.2, 0) is 17.6 Å². The van der Waals surface area contributed by atoms with Crippen molar-refractivity contribution in [3.63, 3.8) is 0 Å². The third-order valence-electron chi connectivity index (χ3n) is 9.44. The van der Waals surface area contributed by atoms with Gasteiger partial charge in [0.1, 0.15) is 0 Å². The fraction of sp³-hybridized carbons (Fsp3) is 0.857. The predicted molar refractivity (Wildman–Crippen MR) is 177 cm³/mol. The van der Waals surface area contributed by atoms with Crippen LogP contribution in [0, 0.1) is 0 Å². The van der Waals surface area contributed by atoms with E-state index in [1.807, 2.05) is 0 Å². The van der Waals surface area contributed by atoms with Gasteiger partial charge in [0.2, 0.25) is 5.95 Å². The summed E-state index contributed by atoms with van der Waals surface area (Å²) >= 11 is 0. The Morgan fingerprint density at radius 2 is 1.16 bits per heavy atom. The lowest BCUT2D eigenvalue weighted by atomic mass is 9.99. The van der Waals surface area contributed by atoms with Gasteiger partial charge in [0, 0.05) is 18.8 Å². The number of nitrogens with zero attached hydrogens (tertiary/aromatic N) is 6. The Bertz CT molecular complexity index is 982. The zero-order valence-corrected chi connectivity index (χ0v) is 28.4. The van der Waals surface area contributed by atoms with Crippen LogP contribution in [0.25, 0.3) is 5.78 Å². The van der Waals surface area contributed by atoms with Gasteiger partial charge in [0.15, 0.2) is 0 Å². The second kappa shape index (κ2) is 20.2. The Balaban J connectivity index is 0.000000261. The maximum absolute atomic E-state index is 13.1. The fourth-order valence-electron chi connectivity index (χ4n) is 6.60. The van der Waals surface area contributed by atoms with Crippen LogP contribution >= 0.6 is 0 Å². The van der Waals surface area contributed by atoms with Crippen molar-refractivity contribution >= 4 is 11.7 Å². The first-order chi connectivity index (χ1) is 21.1. The quantitative estimate of drug-likeness (QED) is 0.225. The van der Waals surface area contributed by atoms with Crippen LogP contribution in [0.5, 0.6) is 5.88 Å².